The Morgan fingerprint density at radius 1 is 0.976 bits per heavy atom. The molecule has 1 unspecified atom stereocenters. The van der Waals surface area contributed by atoms with Crippen LogP contribution in [0.15, 0.2) is 96.6 Å². The van der Waals surface area contributed by atoms with E-state index in [9.17, 15) is 14.7 Å². The summed E-state index contributed by atoms with van der Waals surface area (Å²) in [5.41, 5.74) is 3.60. The zero-order valence-corrected chi connectivity index (χ0v) is 24.3. The maximum absolute atomic E-state index is 13.6. The number of methoxy groups -OCH3 is 1. The number of anilines is 1. The average molecular weight is 597 g/mol. The van der Waals surface area contributed by atoms with Gasteiger partial charge in [0.1, 0.15) is 12.4 Å². The van der Waals surface area contributed by atoms with Gasteiger partial charge in [0, 0.05) is 10.6 Å². The van der Waals surface area contributed by atoms with E-state index in [-0.39, 0.29) is 11.3 Å². The van der Waals surface area contributed by atoms with Gasteiger partial charge in [-0.15, -0.1) is 0 Å². The van der Waals surface area contributed by atoms with E-state index in [0.29, 0.717) is 44.9 Å². The zero-order valence-electron chi connectivity index (χ0n) is 22.7. The number of benzene rings is 4. The minimum absolute atomic E-state index is 0.0576. The summed E-state index contributed by atoms with van der Waals surface area (Å²) in [6.45, 7) is 2.31. The monoisotopic (exact) mass is 596 g/mol. The first-order chi connectivity index (χ1) is 20.3. The largest absolute Gasteiger partial charge is 0.507 e. The van der Waals surface area contributed by atoms with Crippen molar-refractivity contribution >= 4 is 55.7 Å². The molecule has 1 aliphatic rings. The van der Waals surface area contributed by atoms with Crippen LogP contribution in [0.3, 0.4) is 0 Å². The third kappa shape index (κ3) is 5.11. The number of amides is 1. The van der Waals surface area contributed by atoms with Crippen LogP contribution in [-0.4, -0.2) is 28.9 Å². The second kappa shape index (κ2) is 11.3. The van der Waals surface area contributed by atoms with E-state index in [1.54, 1.807) is 42.5 Å². The fraction of sp³-hybridized carbons (Fsp3) is 0.121. The Bertz CT molecular complexity index is 1850. The van der Waals surface area contributed by atoms with Crippen LogP contribution < -0.4 is 14.4 Å². The summed E-state index contributed by atoms with van der Waals surface area (Å²) in [5.74, 6) is -0.991. The van der Waals surface area contributed by atoms with Crippen LogP contribution in [0.1, 0.15) is 28.3 Å². The molecule has 0 bridgehead atoms. The Morgan fingerprint density at radius 2 is 1.74 bits per heavy atom. The van der Waals surface area contributed by atoms with Gasteiger partial charge in [-0.1, -0.05) is 65.4 Å². The number of hydrogen-bond donors (Lipinski definition) is 1. The fourth-order valence-corrected chi connectivity index (χ4v) is 6.16. The average Bonchev–Trinajstić information content (AvgIpc) is 3.53. The lowest BCUT2D eigenvalue weighted by molar-refractivity contribution is -0.132. The number of ketones is 1. The van der Waals surface area contributed by atoms with Gasteiger partial charge < -0.3 is 14.6 Å². The first-order valence-corrected chi connectivity index (χ1v) is 14.3. The van der Waals surface area contributed by atoms with Gasteiger partial charge in [-0.05, 0) is 72.1 Å². The van der Waals surface area contributed by atoms with Crippen molar-refractivity contribution in [3.63, 3.8) is 0 Å². The van der Waals surface area contributed by atoms with Crippen LogP contribution in [0.5, 0.6) is 11.5 Å². The SMILES string of the molecule is COc1cc(C2C(=C(O)c3ccc(Cl)cc3)C(=O)C(=O)N2c2nc3ccc(C)cc3s2)ccc1OCc1ccccc1. The van der Waals surface area contributed by atoms with E-state index in [1.807, 2.05) is 55.5 Å². The molecule has 0 saturated carbocycles. The summed E-state index contributed by atoms with van der Waals surface area (Å²) >= 11 is 7.37. The van der Waals surface area contributed by atoms with Gasteiger partial charge in [0.25, 0.3) is 5.78 Å². The van der Waals surface area contributed by atoms with Crippen LogP contribution in [0.4, 0.5) is 5.13 Å². The molecule has 4 aromatic carbocycles. The van der Waals surface area contributed by atoms with Gasteiger partial charge >= 0.3 is 5.91 Å². The smallest absolute Gasteiger partial charge is 0.301 e. The Labute approximate surface area is 251 Å². The summed E-state index contributed by atoms with van der Waals surface area (Å²) < 4.78 is 12.6. The molecule has 1 fully saturated rings. The first kappa shape index (κ1) is 27.5. The third-order valence-corrected chi connectivity index (χ3v) is 8.31. The Kier molecular flexibility index (Phi) is 7.41. The maximum atomic E-state index is 13.6. The molecule has 9 heteroatoms. The molecular weight excluding hydrogens is 572 g/mol. The molecule has 2 heterocycles. The van der Waals surface area contributed by atoms with Crippen LogP contribution >= 0.6 is 22.9 Å². The Hall–Kier alpha value is -4.66. The third-order valence-electron chi connectivity index (χ3n) is 7.04. The number of fused-ring (bicyclic) bond motifs is 1. The fourth-order valence-electron chi connectivity index (χ4n) is 4.94. The number of thiazole rings is 1. The molecule has 7 nitrogen and oxygen atoms in total. The maximum Gasteiger partial charge on any atom is 0.301 e. The Balaban J connectivity index is 1.48. The van der Waals surface area contributed by atoms with Gasteiger partial charge in [0.15, 0.2) is 16.6 Å². The standard InChI is InChI=1S/C33H25ClN2O5S/c1-19-8-14-24-27(16-19)42-33(35-24)36-29(28(31(38)32(36)39)30(37)21-9-12-23(34)13-10-21)22-11-15-25(26(17-22)40-2)41-18-20-6-4-3-5-7-20/h3-17,29,37H,18H2,1-2H3. The van der Waals surface area contributed by atoms with Crippen molar-refractivity contribution in [2.45, 2.75) is 19.6 Å². The number of aryl methyl sites for hydroxylation is 1. The molecule has 0 radical (unpaired) electrons. The molecule has 5 aromatic rings. The van der Waals surface area contributed by atoms with E-state index in [0.717, 1.165) is 15.8 Å². The topological polar surface area (TPSA) is 89.0 Å². The van der Waals surface area contributed by atoms with Gasteiger partial charge in [-0.25, -0.2) is 4.98 Å². The zero-order chi connectivity index (χ0) is 29.4. The highest BCUT2D eigenvalue weighted by atomic mass is 35.5. The summed E-state index contributed by atoms with van der Waals surface area (Å²) in [4.78, 5) is 33.3. The van der Waals surface area contributed by atoms with Crippen molar-refractivity contribution in [3.8, 4) is 11.5 Å². The molecule has 210 valence electrons. The summed E-state index contributed by atoms with van der Waals surface area (Å²) in [7, 11) is 1.52. The van der Waals surface area contributed by atoms with Crippen LogP contribution in [0.2, 0.25) is 5.02 Å². The minimum Gasteiger partial charge on any atom is -0.507 e. The normalized spacial score (nSPS) is 16.3. The Morgan fingerprint density at radius 3 is 2.48 bits per heavy atom. The van der Waals surface area contributed by atoms with Crippen molar-refractivity contribution in [1.29, 1.82) is 0 Å². The molecule has 1 N–H and O–H groups in total. The lowest BCUT2D eigenvalue weighted by Gasteiger charge is -2.24. The quantitative estimate of drug-likeness (QED) is 0.119. The molecule has 1 amide bonds. The number of hydrogen-bond acceptors (Lipinski definition) is 7. The number of aliphatic hydroxyl groups excluding tert-OH is 1. The molecule has 1 aliphatic heterocycles. The summed E-state index contributed by atoms with van der Waals surface area (Å²) in [5, 5.41) is 12.3. The highest BCUT2D eigenvalue weighted by Gasteiger charge is 2.48. The van der Waals surface area contributed by atoms with Crippen molar-refractivity contribution in [3.05, 3.63) is 124 Å². The minimum atomic E-state index is -0.973. The molecule has 1 aromatic heterocycles. The molecule has 6 rings (SSSR count). The van der Waals surface area contributed by atoms with Gasteiger partial charge in [-0.2, -0.15) is 0 Å². The molecule has 0 aliphatic carbocycles. The van der Waals surface area contributed by atoms with E-state index < -0.39 is 17.7 Å². The predicted molar refractivity (Wildman–Crippen MR) is 164 cm³/mol. The van der Waals surface area contributed by atoms with Gasteiger partial charge in [0.2, 0.25) is 0 Å². The van der Waals surface area contributed by atoms with E-state index >= 15 is 0 Å². The van der Waals surface area contributed by atoms with Crippen LogP contribution in [0, 0.1) is 6.92 Å². The van der Waals surface area contributed by atoms with E-state index in [4.69, 9.17) is 26.1 Å². The van der Waals surface area contributed by atoms with Crippen molar-refractivity contribution in [2.75, 3.05) is 12.0 Å². The first-order valence-electron chi connectivity index (χ1n) is 13.1. The number of halogens is 1. The molecule has 42 heavy (non-hydrogen) atoms. The number of aromatic nitrogens is 1. The van der Waals surface area contributed by atoms with Crippen molar-refractivity contribution in [2.24, 2.45) is 0 Å². The summed E-state index contributed by atoms with van der Waals surface area (Å²) in [6, 6.07) is 26.2. The van der Waals surface area contributed by atoms with Gasteiger partial charge in [-0.3, -0.25) is 14.5 Å². The lowest BCUT2D eigenvalue weighted by Crippen LogP contribution is -2.29. The summed E-state index contributed by atoms with van der Waals surface area (Å²) in [6.07, 6.45) is 0. The number of aliphatic hydroxyl groups is 1. The highest BCUT2D eigenvalue weighted by Crippen LogP contribution is 2.46. The second-order valence-corrected chi connectivity index (χ2v) is 11.3. The van der Waals surface area contributed by atoms with Crippen molar-refractivity contribution < 1.29 is 24.2 Å². The molecule has 1 saturated heterocycles. The second-order valence-electron chi connectivity index (χ2n) is 9.83. The highest BCUT2D eigenvalue weighted by molar-refractivity contribution is 7.22. The van der Waals surface area contributed by atoms with Gasteiger partial charge in [0.05, 0.1) is 28.9 Å². The lowest BCUT2D eigenvalue weighted by atomic mass is 9.95. The molecule has 1 atom stereocenters. The number of ether oxygens (including phenoxy) is 2. The predicted octanol–water partition coefficient (Wildman–Crippen LogP) is 7.47. The number of carbonyl (C=O) groups is 2. The number of carbonyl (C=O) groups excluding carboxylic acids is 2. The van der Waals surface area contributed by atoms with Crippen LogP contribution in [0.25, 0.3) is 16.0 Å². The van der Waals surface area contributed by atoms with Crippen molar-refractivity contribution in [1.82, 2.24) is 4.98 Å². The molecule has 0 spiro atoms. The number of nitrogens with zero attached hydrogens (tertiary/aromatic N) is 2. The number of Topliss-reactive ketones (excluding diaryl/α,β-unsaturated/α-hetero) is 1. The van der Waals surface area contributed by atoms with E-state index in [2.05, 4.69) is 0 Å². The molecular formula is C33H25ClN2O5S. The number of rotatable bonds is 7. The van der Waals surface area contributed by atoms with E-state index in [1.165, 1.54) is 23.3 Å². The van der Waals surface area contributed by atoms with Crippen LogP contribution in [-0.2, 0) is 16.2 Å².